The first-order valence-electron chi connectivity index (χ1n) is 5.20. The highest BCUT2D eigenvalue weighted by molar-refractivity contribution is 9.09. The molecule has 1 N–H and O–H groups in total. The van der Waals surface area contributed by atoms with Crippen LogP contribution in [0.5, 0.6) is 0 Å². The van der Waals surface area contributed by atoms with Gasteiger partial charge in [0, 0.05) is 12.1 Å². The molecule has 0 saturated heterocycles. The van der Waals surface area contributed by atoms with Crippen molar-refractivity contribution >= 4 is 29.2 Å². The molecule has 1 rings (SSSR count). The lowest BCUT2D eigenvalue weighted by Crippen LogP contribution is -2.01. The van der Waals surface area contributed by atoms with Gasteiger partial charge in [-0.05, 0) is 12.5 Å². The van der Waals surface area contributed by atoms with Crippen LogP contribution in [-0.4, -0.2) is 22.6 Å². The van der Waals surface area contributed by atoms with Crippen LogP contribution in [0.1, 0.15) is 17.3 Å². The van der Waals surface area contributed by atoms with Gasteiger partial charge in [0.2, 0.25) is 0 Å². The van der Waals surface area contributed by atoms with Crippen LogP contribution in [0.25, 0.3) is 0 Å². The van der Waals surface area contributed by atoms with Gasteiger partial charge in [0.25, 0.3) is 5.69 Å². The van der Waals surface area contributed by atoms with Gasteiger partial charge in [0.05, 0.1) is 22.5 Å². The number of alkyl halides is 1. The van der Waals surface area contributed by atoms with Crippen LogP contribution >= 0.6 is 23.5 Å². The number of nitrogens with zero attached hydrogens (tertiary/aromatic N) is 1. The van der Waals surface area contributed by atoms with Crippen molar-refractivity contribution in [1.82, 2.24) is 0 Å². The Morgan fingerprint density at radius 2 is 2.06 bits per heavy atom. The molecule has 0 aliphatic rings. The molecule has 1 aromatic carbocycles. The normalized spacial score (nSPS) is 15.9. The SMILES string of the molecule is CCOP(=O)(O)CC(Br)c1ccc([N+](=O)[O-])cc1. The molecule has 8 heteroatoms. The molecular formula is C10H13BrNO5P. The molecule has 0 spiro atoms. The van der Waals surface area contributed by atoms with Crippen molar-refractivity contribution in [3.63, 3.8) is 0 Å². The maximum absolute atomic E-state index is 11.6. The van der Waals surface area contributed by atoms with E-state index >= 15 is 0 Å². The summed E-state index contributed by atoms with van der Waals surface area (Å²) in [6, 6.07) is 5.80. The zero-order chi connectivity index (χ0) is 13.8. The number of hydrogen-bond donors (Lipinski definition) is 1. The van der Waals surface area contributed by atoms with E-state index in [1.165, 1.54) is 12.1 Å². The molecule has 0 aliphatic heterocycles. The number of rotatable bonds is 6. The number of halogens is 1. The number of benzene rings is 1. The summed E-state index contributed by atoms with van der Waals surface area (Å²) in [6.45, 7) is 1.80. The van der Waals surface area contributed by atoms with Crippen LogP contribution in [0, 0.1) is 10.1 Å². The molecule has 18 heavy (non-hydrogen) atoms. The van der Waals surface area contributed by atoms with Crippen LogP contribution in [0.3, 0.4) is 0 Å². The van der Waals surface area contributed by atoms with E-state index in [2.05, 4.69) is 15.9 Å². The fourth-order valence-corrected chi connectivity index (χ4v) is 3.90. The molecule has 2 unspecified atom stereocenters. The van der Waals surface area contributed by atoms with E-state index in [1.807, 2.05) is 0 Å². The van der Waals surface area contributed by atoms with E-state index in [4.69, 9.17) is 4.52 Å². The first-order valence-corrected chi connectivity index (χ1v) is 7.88. The van der Waals surface area contributed by atoms with E-state index in [1.54, 1.807) is 19.1 Å². The summed E-state index contributed by atoms with van der Waals surface area (Å²) >= 11 is 3.27. The van der Waals surface area contributed by atoms with E-state index in [0.717, 1.165) is 0 Å². The third-order valence-corrected chi connectivity index (χ3v) is 5.03. The second-order valence-corrected chi connectivity index (χ2v) is 6.56. The van der Waals surface area contributed by atoms with Gasteiger partial charge in [-0.15, -0.1) is 0 Å². The molecular weight excluding hydrogens is 325 g/mol. The van der Waals surface area contributed by atoms with E-state index in [0.29, 0.717) is 5.56 Å². The number of nitro groups is 1. The standard InChI is InChI=1S/C10H13BrNO5P/c1-2-17-18(15,16)7-10(11)8-3-5-9(6-4-8)12(13)14/h3-6,10H,2,7H2,1H3,(H,15,16). The summed E-state index contributed by atoms with van der Waals surface area (Å²) in [6.07, 6.45) is -0.0847. The maximum Gasteiger partial charge on any atom is 0.329 e. The van der Waals surface area contributed by atoms with Gasteiger partial charge in [-0.3, -0.25) is 14.7 Å². The second kappa shape index (κ2) is 6.43. The fraction of sp³-hybridized carbons (Fsp3) is 0.400. The topological polar surface area (TPSA) is 89.7 Å². The monoisotopic (exact) mass is 337 g/mol. The van der Waals surface area contributed by atoms with Crippen LogP contribution in [0.2, 0.25) is 0 Å². The molecule has 1 aromatic rings. The molecule has 0 saturated carbocycles. The Hall–Kier alpha value is -0.750. The van der Waals surface area contributed by atoms with Gasteiger partial charge in [-0.2, -0.15) is 0 Å². The Balaban J connectivity index is 2.75. The predicted octanol–water partition coefficient (Wildman–Crippen LogP) is 3.25. The van der Waals surface area contributed by atoms with Crippen molar-refractivity contribution in [1.29, 1.82) is 0 Å². The van der Waals surface area contributed by atoms with Gasteiger partial charge in [0.1, 0.15) is 0 Å². The van der Waals surface area contributed by atoms with Crippen LogP contribution < -0.4 is 0 Å². The average molecular weight is 338 g/mol. The smallest absolute Gasteiger partial charge is 0.324 e. The van der Waals surface area contributed by atoms with Crippen molar-refractivity contribution in [2.45, 2.75) is 11.8 Å². The van der Waals surface area contributed by atoms with Crippen LogP contribution in [0.15, 0.2) is 24.3 Å². The minimum Gasteiger partial charge on any atom is -0.324 e. The van der Waals surface area contributed by atoms with E-state index in [-0.39, 0.29) is 23.3 Å². The molecule has 0 heterocycles. The van der Waals surface area contributed by atoms with Crippen molar-refractivity contribution in [3.05, 3.63) is 39.9 Å². The van der Waals surface area contributed by atoms with E-state index < -0.39 is 12.5 Å². The Kier molecular flexibility index (Phi) is 5.47. The van der Waals surface area contributed by atoms with Crippen molar-refractivity contribution < 1.29 is 18.9 Å². The fourth-order valence-electron chi connectivity index (χ4n) is 1.37. The lowest BCUT2D eigenvalue weighted by atomic mass is 10.1. The van der Waals surface area contributed by atoms with E-state index in [9.17, 15) is 19.6 Å². The summed E-state index contributed by atoms with van der Waals surface area (Å²) in [5, 5.41) is 10.5. The van der Waals surface area contributed by atoms with Crippen LogP contribution in [-0.2, 0) is 9.09 Å². The molecule has 0 aromatic heterocycles. The summed E-state index contributed by atoms with van der Waals surface area (Å²) in [5.74, 6) is 0. The molecule has 0 fully saturated rings. The van der Waals surface area contributed by atoms with Crippen molar-refractivity contribution in [3.8, 4) is 0 Å². The maximum atomic E-state index is 11.6. The first kappa shape index (κ1) is 15.3. The highest BCUT2D eigenvalue weighted by Crippen LogP contribution is 2.47. The van der Waals surface area contributed by atoms with Crippen molar-refractivity contribution in [2.24, 2.45) is 0 Å². The van der Waals surface area contributed by atoms with Crippen molar-refractivity contribution in [2.75, 3.05) is 12.8 Å². The molecule has 0 bridgehead atoms. The number of nitro benzene ring substituents is 1. The molecule has 0 radical (unpaired) electrons. The quantitative estimate of drug-likeness (QED) is 0.372. The van der Waals surface area contributed by atoms with Gasteiger partial charge in [-0.1, -0.05) is 28.1 Å². The zero-order valence-electron chi connectivity index (χ0n) is 9.65. The summed E-state index contributed by atoms with van der Waals surface area (Å²) in [7, 11) is -3.63. The zero-order valence-corrected chi connectivity index (χ0v) is 12.1. The van der Waals surface area contributed by atoms with Gasteiger partial charge in [0.15, 0.2) is 0 Å². The molecule has 6 nitrogen and oxygen atoms in total. The van der Waals surface area contributed by atoms with Gasteiger partial charge >= 0.3 is 7.60 Å². The highest BCUT2D eigenvalue weighted by atomic mass is 79.9. The minimum atomic E-state index is -3.63. The second-order valence-electron chi connectivity index (χ2n) is 3.55. The Labute approximate surface area is 113 Å². The molecule has 0 aliphatic carbocycles. The predicted molar refractivity (Wildman–Crippen MR) is 71.1 cm³/mol. The average Bonchev–Trinajstić information content (AvgIpc) is 2.28. The Bertz CT molecular complexity index is 464. The third kappa shape index (κ3) is 4.49. The molecule has 100 valence electrons. The lowest BCUT2D eigenvalue weighted by molar-refractivity contribution is -0.384. The Morgan fingerprint density at radius 1 is 1.50 bits per heavy atom. The summed E-state index contributed by atoms with van der Waals surface area (Å²) < 4.78 is 16.3. The highest BCUT2D eigenvalue weighted by Gasteiger charge is 2.24. The third-order valence-electron chi connectivity index (χ3n) is 2.19. The van der Waals surface area contributed by atoms with Gasteiger partial charge < -0.3 is 9.42 Å². The number of non-ortho nitro benzene ring substituents is 1. The molecule has 0 amide bonds. The minimum absolute atomic E-state index is 0.0181. The summed E-state index contributed by atoms with van der Waals surface area (Å²) in [5.41, 5.74) is 0.671. The molecule has 2 atom stereocenters. The Morgan fingerprint density at radius 3 is 2.50 bits per heavy atom. The van der Waals surface area contributed by atoms with Gasteiger partial charge in [-0.25, -0.2) is 0 Å². The first-order chi connectivity index (χ1) is 8.35. The largest absolute Gasteiger partial charge is 0.329 e. The van der Waals surface area contributed by atoms with Crippen LogP contribution in [0.4, 0.5) is 5.69 Å². The lowest BCUT2D eigenvalue weighted by Gasteiger charge is -2.15. The summed E-state index contributed by atoms with van der Waals surface area (Å²) in [4.78, 5) is 19.1. The number of hydrogen-bond acceptors (Lipinski definition) is 4.